The molecular weight excluding hydrogens is 208 g/mol. The van der Waals surface area contributed by atoms with E-state index >= 15 is 0 Å². The van der Waals surface area contributed by atoms with Crippen molar-refractivity contribution in [3.05, 3.63) is 34.3 Å². The van der Waals surface area contributed by atoms with Crippen molar-refractivity contribution in [1.82, 2.24) is 0 Å². The van der Waals surface area contributed by atoms with Crippen molar-refractivity contribution < 1.29 is 4.74 Å². The molecule has 0 radical (unpaired) electrons. The smallest absolute Gasteiger partial charge is 0.0557 e. The number of hydrogen-bond donors (Lipinski definition) is 0. The lowest BCUT2D eigenvalue weighted by atomic mass is 9.83. The van der Waals surface area contributed by atoms with E-state index in [4.69, 9.17) is 16.3 Å². The van der Waals surface area contributed by atoms with Crippen LogP contribution in [0.3, 0.4) is 0 Å². The van der Waals surface area contributed by atoms with E-state index in [0.717, 1.165) is 18.2 Å². The second-order valence-electron chi connectivity index (χ2n) is 4.48. The first-order valence-corrected chi connectivity index (χ1v) is 5.69. The Hall–Kier alpha value is -0.530. The van der Waals surface area contributed by atoms with Crippen molar-refractivity contribution in [2.24, 2.45) is 0 Å². The van der Waals surface area contributed by atoms with E-state index in [9.17, 15) is 0 Å². The number of benzene rings is 1. The SMILES string of the molecule is CCOCC(C)(C)c1cc(Cl)ccc1C. The zero-order valence-corrected chi connectivity index (χ0v) is 10.7. The van der Waals surface area contributed by atoms with Gasteiger partial charge in [0.2, 0.25) is 0 Å². The Balaban J connectivity index is 2.97. The number of halogens is 1. The minimum absolute atomic E-state index is 0.0188. The monoisotopic (exact) mass is 226 g/mol. The van der Waals surface area contributed by atoms with Crippen LogP contribution in [0.15, 0.2) is 18.2 Å². The van der Waals surface area contributed by atoms with Crippen LogP contribution in [0.5, 0.6) is 0 Å². The fourth-order valence-electron chi connectivity index (χ4n) is 1.76. The normalized spacial score (nSPS) is 11.8. The van der Waals surface area contributed by atoms with Crippen molar-refractivity contribution in [1.29, 1.82) is 0 Å². The molecule has 1 aromatic rings. The van der Waals surface area contributed by atoms with Crippen molar-refractivity contribution in [2.45, 2.75) is 33.1 Å². The molecule has 84 valence electrons. The molecule has 0 amide bonds. The lowest BCUT2D eigenvalue weighted by Crippen LogP contribution is -2.25. The van der Waals surface area contributed by atoms with E-state index in [1.807, 2.05) is 19.1 Å². The molecule has 1 nitrogen and oxygen atoms in total. The van der Waals surface area contributed by atoms with E-state index < -0.39 is 0 Å². The van der Waals surface area contributed by atoms with Gasteiger partial charge in [0.1, 0.15) is 0 Å². The summed E-state index contributed by atoms with van der Waals surface area (Å²) in [6.45, 7) is 9.97. The second-order valence-corrected chi connectivity index (χ2v) is 4.92. The van der Waals surface area contributed by atoms with Crippen LogP contribution in [-0.4, -0.2) is 13.2 Å². The fourth-order valence-corrected chi connectivity index (χ4v) is 1.93. The third-order valence-corrected chi connectivity index (χ3v) is 2.83. The highest BCUT2D eigenvalue weighted by molar-refractivity contribution is 6.30. The van der Waals surface area contributed by atoms with Gasteiger partial charge in [-0.25, -0.2) is 0 Å². The molecule has 0 atom stereocenters. The average Bonchev–Trinajstić information content (AvgIpc) is 2.18. The Morgan fingerprint density at radius 2 is 2.00 bits per heavy atom. The zero-order valence-electron chi connectivity index (χ0n) is 9.93. The van der Waals surface area contributed by atoms with Gasteiger partial charge < -0.3 is 4.74 Å². The highest BCUT2D eigenvalue weighted by Gasteiger charge is 2.22. The molecule has 2 heteroatoms. The highest BCUT2D eigenvalue weighted by atomic mass is 35.5. The molecule has 0 N–H and O–H groups in total. The summed E-state index contributed by atoms with van der Waals surface area (Å²) < 4.78 is 5.50. The first-order valence-electron chi connectivity index (χ1n) is 5.32. The van der Waals surface area contributed by atoms with Crippen LogP contribution in [-0.2, 0) is 10.2 Å². The molecule has 1 aromatic carbocycles. The number of ether oxygens (including phenoxy) is 1. The summed E-state index contributed by atoms with van der Waals surface area (Å²) in [6.07, 6.45) is 0. The van der Waals surface area contributed by atoms with E-state index in [2.05, 4.69) is 26.8 Å². The Morgan fingerprint density at radius 1 is 1.33 bits per heavy atom. The number of hydrogen-bond acceptors (Lipinski definition) is 1. The largest absolute Gasteiger partial charge is 0.381 e. The third kappa shape index (κ3) is 3.22. The van der Waals surface area contributed by atoms with Crippen LogP contribution in [0.25, 0.3) is 0 Å². The molecule has 0 aliphatic carbocycles. The number of aryl methyl sites for hydroxylation is 1. The fraction of sp³-hybridized carbons (Fsp3) is 0.538. The molecule has 0 fully saturated rings. The maximum atomic E-state index is 6.02. The van der Waals surface area contributed by atoms with Gasteiger partial charge in [-0.3, -0.25) is 0 Å². The standard InChI is InChI=1S/C13H19ClO/c1-5-15-9-13(3,4)12-8-11(14)7-6-10(12)2/h6-8H,5,9H2,1-4H3. The molecule has 0 heterocycles. The summed E-state index contributed by atoms with van der Waals surface area (Å²) in [5.74, 6) is 0. The van der Waals surface area contributed by atoms with Gasteiger partial charge in [0, 0.05) is 17.0 Å². The highest BCUT2D eigenvalue weighted by Crippen LogP contribution is 2.28. The maximum absolute atomic E-state index is 6.02. The quantitative estimate of drug-likeness (QED) is 0.755. The summed E-state index contributed by atoms with van der Waals surface area (Å²) in [6, 6.07) is 6.03. The summed E-state index contributed by atoms with van der Waals surface area (Å²) in [5, 5.41) is 0.792. The van der Waals surface area contributed by atoms with Crippen molar-refractivity contribution in [2.75, 3.05) is 13.2 Å². The number of rotatable bonds is 4. The van der Waals surface area contributed by atoms with Gasteiger partial charge in [0.25, 0.3) is 0 Å². The molecule has 0 aromatic heterocycles. The Morgan fingerprint density at radius 3 is 2.60 bits per heavy atom. The molecule has 0 saturated carbocycles. The van der Waals surface area contributed by atoms with Crippen molar-refractivity contribution in [3.8, 4) is 0 Å². The molecule has 0 aliphatic heterocycles. The van der Waals surface area contributed by atoms with Crippen LogP contribution in [0.4, 0.5) is 0 Å². The molecule has 0 aliphatic rings. The Kier molecular flexibility index (Phi) is 4.18. The topological polar surface area (TPSA) is 9.23 Å². The molecule has 0 saturated heterocycles. The third-order valence-electron chi connectivity index (χ3n) is 2.60. The summed E-state index contributed by atoms with van der Waals surface area (Å²) in [5.41, 5.74) is 2.55. The van der Waals surface area contributed by atoms with E-state index in [0.29, 0.717) is 0 Å². The van der Waals surface area contributed by atoms with Gasteiger partial charge in [-0.2, -0.15) is 0 Å². The van der Waals surface area contributed by atoms with E-state index in [1.165, 1.54) is 11.1 Å². The molecule has 15 heavy (non-hydrogen) atoms. The molecule has 0 spiro atoms. The average molecular weight is 227 g/mol. The zero-order chi connectivity index (χ0) is 11.5. The molecule has 0 unspecified atom stereocenters. The summed E-state index contributed by atoms with van der Waals surface area (Å²) in [4.78, 5) is 0. The van der Waals surface area contributed by atoms with Crippen LogP contribution in [0, 0.1) is 6.92 Å². The minimum Gasteiger partial charge on any atom is -0.381 e. The second kappa shape index (κ2) is 5.00. The van der Waals surface area contributed by atoms with Crippen LogP contribution < -0.4 is 0 Å². The lowest BCUT2D eigenvalue weighted by Gasteiger charge is -2.27. The Bertz CT molecular complexity index is 331. The predicted molar refractivity (Wildman–Crippen MR) is 65.7 cm³/mol. The summed E-state index contributed by atoms with van der Waals surface area (Å²) >= 11 is 6.02. The lowest BCUT2D eigenvalue weighted by molar-refractivity contribution is 0.105. The summed E-state index contributed by atoms with van der Waals surface area (Å²) in [7, 11) is 0. The maximum Gasteiger partial charge on any atom is 0.0557 e. The molecular formula is C13H19ClO. The molecule has 1 rings (SSSR count). The van der Waals surface area contributed by atoms with Crippen molar-refractivity contribution >= 4 is 11.6 Å². The van der Waals surface area contributed by atoms with E-state index in [1.54, 1.807) is 0 Å². The predicted octanol–water partition coefficient (Wildman–Crippen LogP) is 3.96. The van der Waals surface area contributed by atoms with Gasteiger partial charge in [-0.05, 0) is 37.1 Å². The van der Waals surface area contributed by atoms with Gasteiger partial charge >= 0.3 is 0 Å². The first-order chi connectivity index (χ1) is 6.97. The van der Waals surface area contributed by atoms with Crippen LogP contribution in [0.2, 0.25) is 5.02 Å². The van der Waals surface area contributed by atoms with Gasteiger partial charge in [-0.15, -0.1) is 0 Å². The molecule has 0 bridgehead atoms. The van der Waals surface area contributed by atoms with Gasteiger partial charge in [0.05, 0.1) is 6.61 Å². The minimum atomic E-state index is 0.0188. The van der Waals surface area contributed by atoms with E-state index in [-0.39, 0.29) is 5.41 Å². The van der Waals surface area contributed by atoms with Crippen molar-refractivity contribution in [3.63, 3.8) is 0 Å². The van der Waals surface area contributed by atoms with Crippen LogP contribution in [0.1, 0.15) is 31.9 Å². The van der Waals surface area contributed by atoms with Crippen LogP contribution >= 0.6 is 11.6 Å². The van der Waals surface area contributed by atoms with Gasteiger partial charge in [-0.1, -0.05) is 31.5 Å². The Labute approximate surface area is 97.4 Å². The first kappa shape index (κ1) is 12.5. The van der Waals surface area contributed by atoms with Gasteiger partial charge in [0.15, 0.2) is 0 Å².